The zero-order valence-corrected chi connectivity index (χ0v) is 13.8. The van der Waals surface area contributed by atoms with E-state index in [0.29, 0.717) is 0 Å². The summed E-state index contributed by atoms with van der Waals surface area (Å²) in [7, 11) is 0. The van der Waals surface area contributed by atoms with E-state index in [2.05, 4.69) is 10.3 Å². The van der Waals surface area contributed by atoms with Crippen molar-refractivity contribution in [2.24, 2.45) is 0 Å². The van der Waals surface area contributed by atoms with Gasteiger partial charge in [-0.25, -0.2) is 9.07 Å². The highest BCUT2D eigenvalue weighted by atomic mass is 19.1. The van der Waals surface area contributed by atoms with E-state index in [1.807, 2.05) is 0 Å². The maximum Gasteiger partial charge on any atom is 0.180 e. The first-order valence-corrected chi connectivity index (χ1v) is 7.97. The topological polar surface area (TPSA) is 141 Å². The van der Waals surface area contributed by atoms with Crippen molar-refractivity contribution in [2.75, 3.05) is 6.61 Å². The molecule has 0 aliphatic carbocycles. The highest BCUT2D eigenvalue weighted by Gasteiger charge is 2.45. The second-order valence-electron chi connectivity index (χ2n) is 6.39. The molecule has 6 atom stereocenters. The second kappa shape index (κ2) is 6.99. The van der Waals surface area contributed by atoms with Gasteiger partial charge >= 0.3 is 0 Å². The van der Waals surface area contributed by atoms with Crippen LogP contribution in [0.25, 0.3) is 0 Å². The molecule has 2 aromatic rings. The number of ether oxygens (including phenoxy) is 1. The van der Waals surface area contributed by atoms with Crippen molar-refractivity contribution in [3.8, 4) is 0 Å². The Bertz CT molecular complexity index is 768. The summed E-state index contributed by atoms with van der Waals surface area (Å²) in [6.07, 6.45) is -5.67. The monoisotopic (exact) mass is 369 g/mol. The molecular weight excluding hydrogens is 349 g/mol. The number of benzene rings is 1. The standard InChI is InChI=1S/C16H20FN3O6/c1-16(25,8-3-2-4-9(17)5-8)11-6-20(19-18-11)15-14(24)13(23)12(22)10(7-21)26-15/h2-6,10,12-15,21-25H,7H2,1H3/t10-,12-,13+,14-,15?,16+/m1/s1. The Hall–Kier alpha value is -1.95. The molecule has 0 spiro atoms. The molecule has 1 aliphatic heterocycles. The highest BCUT2D eigenvalue weighted by Crippen LogP contribution is 2.31. The first-order valence-electron chi connectivity index (χ1n) is 7.97. The fourth-order valence-electron chi connectivity index (χ4n) is 2.86. The second-order valence-corrected chi connectivity index (χ2v) is 6.39. The first-order chi connectivity index (χ1) is 12.3. The molecule has 26 heavy (non-hydrogen) atoms. The molecule has 1 saturated heterocycles. The summed E-state index contributed by atoms with van der Waals surface area (Å²) in [6.45, 7) is 0.827. The molecule has 0 saturated carbocycles. The number of aliphatic hydroxyl groups excluding tert-OH is 4. The van der Waals surface area contributed by atoms with E-state index in [4.69, 9.17) is 4.74 Å². The molecule has 1 aromatic heterocycles. The van der Waals surface area contributed by atoms with E-state index in [0.717, 1.165) is 10.7 Å². The van der Waals surface area contributed by atoms with Crippen molar-refractivity contribution in [3.63, 3.8) is 0 Å². The van der Waals surface area contributed by atoms with Crippen LogP contribution < -0.4 is 0 Å². The van der Waals surface area contributed by atoms with Crippen LogP contribution in [0.2, 0.25) is 0 Å². The number of aromatic nitrogens is 3. The molecule has 0 amide bonds. The van der Waals surface area contributed by atoms with Gasteiger partial charge in [-0.2, -0.15) is 0 Å². The van der Waals surface area contributed by atoms with Crippen LogP contribution in [0.4, 0.5) is 4.39 Å². The van der Waals surface area contributed by atoms with Gasteiger partial charge in [0.15, 0.2) is 6.23 Å². The number of hydrogen-bond acceptors (Lipinski definition) is 8. The van der Waals surface area contributed by atoms with Gasteiger partial charge in [0, 0.05) is 0 Å². The zero-order chi connectivity index (χ0) is 19.1. The average Bonchev–Trinajstić information content (AvgIpc) is 3.11. The quantitative estimate of drug-likeness (QED) is 0.445. The summed E-state index contributed by atoms with van der Waals surface area (Å²) in [5.74, 6) is -0.524. The molecule has 1 fully saturated rings. The molecule has 5 N–H and O–H groups in total. The molecule has 1 aromatic carbocycles. The largest absolute Gasteiger partial charge is 0.394 e. The SMILES string of the molecule is C[C@](O)(c1cccc(F)c1)c1cn(C2O[C@H](CO)[C@@H](O)[C@H](O)[C@H]2O)nn1. The van der Waals surface area contributed by atoms with Crippen molar-refractivity contribution >= 4 is 0 Å². The van der Waals surface area contributed by atoms with Gasteiger partial charge in [-0.1, -0.05) is 17.3 Å². The molecule has 1 aliphatic rings. The summed E-state index contributed by atoms with van der Waals surface area (Å²) in [5.41, 5.74) is -1.37. The molecule has 0 bridgehead atoms. The molecule has 3 rings (SSSR count). The maximum absolute atomic E-state index is 13.4. The van der Waals surface area contributed by atoms with Gasteiger partial charge in [0.2, 0.25) is 0 Å². The van der Waals surface area contributed by atoms with E-state index in [1.54, 1.807) is 0 Å². The molecule has 0 radical (unpaired) electrons. The number of rotatable bonds is 4. The lowest BCUT2D eigenvalue weighted by Crippen LogP contribution is -2.56. The summed E-state index contributed by atoms with van der Waals surface area (Å²) < 4.78 is 19.9. The lowest BCUT2D eigenvalue weighted by molar-refractivity contribution is -0.254. The third-order valence-corrected chi connectivity index (χ3v) is 4.52. The highest BCUT2D eigenvalue weighted by molar-refractivity contribution is 5.30. The Kier molecular flexibility index (Phi) is 5.06. The van der Waals surface area contributed by atoms with Crippen molar-refractivity contribution in [1.29, 1.82) is 0 Å². The summed E-state index contributed by atoms with van der Waals surface area (Å²) in [5, 5.41) is 57.4. The molecule has 2 heterocycles. The van der Waals surface area contributed by atoms with Crippen LogP contribution in [-0.4, -0.2) is 71.5 Å². The van der Waals surface area contributed by atoms with Crippen LogP contribution in [0.5, 0.6) is 0 Å². The average molecular weight is 369 g/mol. The lowest BCUT2D eigenvalue weighted by atomic mass is 9.93. The van der Waals surface area contributed by atoms with Crippen molar-refractivity contribution in [2.45, 2.75) is 43.2 Å². The third-order valence-electron chi connectivity index (χ3n) is 4.52. The summed E-state index contributed by atoms with van der Waals surface area (Å²) >= 11 is 0. The Labute approximate surface area is 147 Å². The van der Waals surface area contributed by atoms with Gasteiger partial charge in [-0.3, -0.25) is 0 Å². The Morgan fingerprint density at radius 2 is 1.96 bits per heavy atom. The molecule has 142 valence electrons. The predicted octanol–water partition coefficient (Wildman–Crippen LogP) is -1.35. The number of halogens is 1. The predicted molar refractivity (Wildman–Crippen MR) is 84.1 cm³/mol. The summed E-state index contributed by atoms with van der Waals surface area (Å²) in [4.78, 5) is 0. The number of aliphatic hydroxyl groups is 5. The zero-order valence-electron chi connectivity index (χ0n) is 13.8. The van der Waals surface area contributed by atoms with Gasteiger partial charge in [-0.05, 0) is 24.6 Å². The minimum absolute atomic E-state index is 0.0556. The molecule has 1 unspecified atom stereocenters. The molecule has 9 nitrogen and oxygen atoms in total. The van der Waals surface area contributed by atoms with Crippen molar-refractivity contribution in [3.05, 3.63) is 47.5 Å². The Balaban J connectivity index is 1.89. The van der Waals surface area contributed by atoms with Gasteiger partial charge in [-0.15, -0.1) is 5.10 Å². The minimum atomic E-state index is -1.67. The summed E-state index contributed by atoms with van der Waals surface area (Å²) in [6, 6.07) is 5.37. The fraction of sp³-hybridized carbons (Fsp3) is 0.500. The van der Waals surface area contributed by atoms with E-state index < -0.39 is 48.7 Å². The van der Waals surface area contributed by atoms with Crippen LogP contribution in [0.3, 0.4) is 0 Å². The molecular formula is C16H20FN3O6. The molecule has 10 heteroatoms. The Morgan fingerprint density at radius 1 is 1.23 bits per heavy atom. The number of nitrogens with zero attached hydrogens (tertiary/aromatic N) is 3. The Morgan fingerprint density at radius 3 is 2.62 bits per heavy atom. The van der Waals surface area contributed by atoms with Crippen molar-refractivity contribution in [1.82, 2.24) is 15.0 Å². The maximum atomic E-state index is 13.4. The van der Waals surface area contributed by atoms with Gasteiger partial charge in [0.05, 0.1) is 12.8 Å². The smallest absolute Gasteiger partial charge is 0.180 e. The van der Waals surface area contributed by atoms with Crippen LogP contribution in [-0.2, 0) is 10.3 Å². The van der Waals surface area contributed by atoms with E-state index >= 15 is 0 Å². The first kappa shape index (κ1) is 18.8. The fourth-order valence-corrected chi connectivity index (χ4v) is 2.86. The van der Waals surface area contributed by atoms with E-state index in [9.17, 15) is 29.9 Å². The van der Waals surface area contributed by atoms with E-state index in [-0.39, 0.29) is 11.3 Å². The van der Waals surface area contributed by atoms with Gasteiger partial charge in [0.25, 0.3) is 0 Å². The number of hydrogen-bond donors (Lipinski definition) is 5. The normalized spacial score (nSPS) is 31.6. The minimum Gasteiger partial charge on any atom is -0.394 e. The third kappa shape index (κ3) is 3.22. The van der Waals surface area contributed by atoms with Crippen LogP contribution >= 0.6 is 0 Å². The van der Waals surface area contributed by atoms with Gasteiger partial charge < -0.3 is 30.3 Å². The van der Waals surface area contributed by atoms with Crippen LogP contribution in [0.1, 0.15) is 24.4 Å². The van der Waals surface area contributed by atoms with Crippen molar-refractivity contribution < 1.29 is 34.7 Å². The lowest BCUT2D eigenvalue weighted by Gasteiger charge is -2.39. The van der Waals surface area contributed by atoms with Crippen LogP contribution in [0.15, 0.2) is 30.5 Å². The van der Waals surface area contributed by atoms with Crippen LogP contribution in [0, 0.1) is 5.82 Å². The van der Waals surface area contributed by atoms with Gasteiger partial charge in [0.1, 0.15) is 41.5 Å². The van der Waals surface area contributed by atoms with E-state index in [1.165, 1.54) is 31.3 Å².